The molecule has 0 spiro atoms. The zero-order chi connectivity index (χ0) is 28.8. The highest BCUT2D eigenvalue weighted by molar-refractivity contribution is 7.46. The standard InChI is InChI=1S/C21H40N5O10P/c1-6-7-26(15(5)28)11-19(30)24-16(8-13(2)3)20(31)23-10-18(29)25-17(12-27)21(32)22-9-14(4)36-37(33,34)35/h13-14,16-17,27H,6-12H2,1-5H3,(H,22,32)(H,23,31)(H,24,30)(H,25,29)(H2,33,34,35). The van der Waals surface area contributed by atoms with E-state index in [-0.39, 0.29) is 31.3 Å². The third kappa shape index (κ3) is 16.0. The first-order valence-electron chi connectivity index (χ1n) is 11.8. The zero-order valence-corrected chi connectivity index (χ0v) is 22.7. The molecule has 5 amide bonds. The number of nitrogens with zero attached hydrogens (tertiary/aromatic N) is 1. The van der Waals surface area contributed by atoms with Crippen molar-refractivity contribution in [1.29, 1.82) is 0 Å². The SMILES string of the molecule is CCCN(CC(=O)NC(CC(C)C)C(=O)NCC(=O)NC(CO)C(=O)NCC(C)OP(=O)(O)O)C(C)=O. The number of rotatable bonds is 17. The van der Waals surface area contributed by atoms with Gasteiger partial charge in [0.1, 0.15) is 12.1 Å². The van der Waals surface area contributed by atoms with Crippen molar-refractivity contribution in [3.8, 4) is 0 Å². The molecular formula is C21H40N5O10P. The van der Waals surface area contributed by atoms with E-state index in [0.29, 0.717) is 13.0 Å². The Labute approximate surface area is 216 Å². The number of phosphoric ester groups is 1. The van der Waals surface area contributed by atoms with Gasteiger partial charge in [-0.15, -0.1) is 0 Å². The lowest BCUT2D eigenvalue weighted by atomic mass is 10.0. The minimum Gasteiger partial charge on any atom is -0.394 e. The summed E-state index contributed by atoms with van der Waals surface area (Å²) in [6.07, 6.45) is -0.120. The molecule has 0 heterocycles. The lowest BCUT2D eigenvalue weighted by molar-refractivity contribution is -0.136. The van der Waals surface area contributed by atoms with Crippen LogP contribution >= 0.6 is 7.82 Å². The average Bonchev–Trinajstić information content (AvgIpc) is 2.77. The summed E-state index contributed by atoms with van der Waals surface area (Å²) >= 11 is 0. The molecule has 3 unspecified atom stereocenters. The van der Waals surface area contributed by atoms with Crippen molar-refractivity contribution in [3.05, 3.63) is 0 Å². The quantitative estimate of drug-likeness (QED) is 0.0979. The van der Waals surface area contributed by atoms with E-state index in [9.17, 15) is 33.6 Å². The van der Waals surface area contributed by atoms with Crippen LogP contribution in [0.15, 0.2) is 0 Å². The van der Waals surface area contributed by atoms with Gasteiger partial charge in [0.25, 0.3) is 0 Å². The second kappa shape index (κ2) is 17.0. The Hall–Kier alpha value is -2.58. The maximum absolute atomic E-state index is 12.7. The van der Waals surface area contributed by atoms with E-state index in [1.54, 1.807) is 0 Å². The smallest absolute Gasteiger partial charge is 0.394 e. The zero-order valence-electron chi connectivity index (χ0n) is 21.9. The van der Waals surface area contributed by atoms with Crippen molar-refractivity contribution in [2.45, 2.75) is 65.6 Å². The molecule has 0 aromatic carbocycles. The van der Waals surface area contributed by atoms with E-state index in [0.717, 1.165) is 0 Å². The number of amides is 5. The Morgan fingerprint density at radius 1 is 0.946 bits per heavy atom. The molecule has 3 atom stereocenters. The van der Waals surface area contributed by atoms with Gasteiger partial charge in [-0.25, -0.2) is 4.57 Å². The molecule has 0 aliphatic rings. The van der Waals surface area contributed by atoms with Crippen molar-refractivity contribution in [1.82, 2.24) is 26.2 Å². The van der Waals surface area contributed by atoms with Gasteiger partial charge in [0.15, 0.2) is 0 Å². The van der Waals surface area contributed by atoms with E-state index in [2.05, 4.69) is 25.8 Å². The van der Waals surface area contributed by atoms with Crippen LogP contribution in [0.1, 0.15) is 47.5 Å². The van der Waals surface area contributed by atoms with Gasteiger partial charge in [-0.2, -0.15) is 0 Å². The van der Waals surface area contributed by atoms with E-state index in [4.69, 9.17) is 9.79 Å². The summed E-state index contributed by atoms with van der Waals surface area (Å²) < 4.78 is 15.2. The molecule has 214 valence electrons. The Kier molecular flexibility index (Phi) is 15.8. The van der Waals surface area contributed by atoms with Crippen molar-refractivity contribution < 1.29 is 48.0 Å². The van der Waals surface area contributed by atoms with Crippen LogP contribution in [0.5, 0.6) is 0 Å². The molecule has 0 saturated carbocycles. The van der Waals surface area contributed by atoms with E-state index in [1.807, 2.05) is 20.8 Å². The normalized spacial score (nSPS) is 13.8. The summed E-state index contributed by atoms with van der Waals surface area (Å²) in [5, 5.41) is 18.9. The molecule has 0 aliphatic carbocycles. The average molecular weight is 554 g/mol. The van der Waals surface area contributed by atoms with Crippen molar-refractivity contribution in [2.75, 3.05) is 32.8 Å². The molecular weight excluding hydrogens is 513 g/mol. The summed E-state index contributed by atoms with van der Waals surface area (Å²) in [6.45, 7) is 6.73. The van der Waals surface area contributed by atoms with Crippen molar-refractivity contribution >= 4 is 37.4 Å². The predicted octanol–water partition coefficient (Wildman–Crippen LogP) is -2.02. The molecule has 16 heteroatoms. The topological polar surface area (TPSA) is 224 Å². The molecule has 0 bridgehead atoms. The van der Waals surface area contributed by atoms with Gasteiger partial charge >= 0.3 is 7.82 Å². The van der Waals surface area contributed by atoms with Gasteiger partial charge in [-0.3, -0.25) is 28.5 Å². The second-order valence-electron chi connectivity index (χ2n) is 8.86. The molecule has 0 aromatic rings. The highest BCUT2D eigenvalue weighted by Gasteiger charge is 2.26. The van der Waals surface area contributed by atoms with Gasteiger partial charge in [0.2, 0.25) is 29.5 Å². The predicted molar refractivity (Wildman–Crippen MR) is 132 cm³/mol. The summed E-state index contributed by atoms with van der Waals surface area (Å²) in [6, 6.07) is -2.36. The van der Waals surface area contributed by atoms with Crippen LogP contribution in [0.2, 0.25) is 0 Å². The summed E-state index contributed by atoms with van der Waals surface area (Å²) in [5.74, 6) is -3.07. The van der Waals surface area contributed by atoms with Crippen LogP contribution in [0.3, 0.4) is 0 Å². The van der Waals surface area contributed by atoms with Gasteiger partial charge in [-0.05, 0) is 25.7 Å². The van der Waals surface area contributed by atoms with Gasteiger partial charge in [0, 0.05) is 20.0 Å². The molecule has 15 nitrogen and oxygen atoms in total. The number of hydrogen-bond acceptors (Lipinski definition) is 8. The molecule has 0 rings (SSSR count). The van der Waals surface area contributed by atoms with Gasteiger partial charge < -0.3 is 41.1 Å². The minimum atomic E-state index is -4.75. The molecule has 0 aromatic heterocycles. The highest BCUT2D eigenvalue weighted by atomic mass is 31.2. The lowest BCUT2D eigenvalue weighted by Crippen LogP contribution is -2.54. The number of phosphoric acid groups is 1. The number of aliphatic hydroxyl groups is 1. The molecule has 7 N–H and O–H groups in total. The van der Waals surface area contributed by atoms with E-state index >= 15 is 0 Å². The monoisotopic (exact) mass is 553 g/mol. The van der Waals surface area contributed by atoms with Crippen LogP contribution in [-0.4, -0.2) is 100 Å². The summed E-state index contributed by atoms with van der Waals surface area (Å²) in [4.78, 5) is 80.0. The molecule has 0 aliphatic heterocycles. The fourth-order valence-corrected chi connectivity index (χ4v) is 3.65. The summed E-state index contributed by atoms with van der Waals surface area (Å²) in [7, 11) is -4.75. The number of carbonyl (C=O) groups excluding carboxylic acids is 5. The van der Waals surface area contributed by atoms with Crippen LogP contribution in [0.25, 0.3) is 0 Å². The van der Waals surface area contributed by atoms with Crippen molar-refractivity contribution in [2.24, 2.45) is 5.92 Å². The third-order valence-corrected chi connectivity index (χ3v) is 5.41. The minimum absolute atomic E-state index is 0.0174. The van der Waals surface area contributed by atoms with Crippen LogP contribution < -0.4 is 21.3 Å². The number of aliphatic hydroxyl groups excluding tert-OH is 1. The molecule has 0 radical (unpaired) electrons. The first-order chi connectivity index (χ1) is 17.1. The second-order valence-corrected chi connectivity index (χ2v) is 10.1. The van der Waals surface area contributed by atoms with Crippen LogP contribution in [0.4, 0.5) is 0 Å². The third-order valence-electron chi connectivity index (χ3n) is 4.77. The maximum atomic E-state index is 12.7. The number of carbonyl (C=O) groups is 5. The van der Waals surface area contributed by atoms with Crippen LogP contribution in [0, 0.1) is 5.92 Å². The highest BCUT2D eigenvalue weighted by Crippen LogP contribution is 2.37. The molecule has 37 heavy (non-hydrogen) atoms. The Bertz CT molecular complexity index is 835. The van der Waals surface area contributed by atoms with Crippen molar-refractivity contribution in [3.63, 3.8) is 0 Å². The Morgan fingerprint density at radius 3 is 2.00 bits per heavy atom. The summed E-state index contributed by atoms with van der Waals surface area (Å²) in [5.41, 5.74) is 0. The Morgan fingerprint density at radius 2 is 1.51 bits per heavy atom. The first kappa shape index (κ1) is 34.4. The fourth-order valence-electron chi connectivity index (χ4n) is 3.10. The van der Waals surface area contributed by atoms with Crippen LogP contribution in [-0.2, 0) is 33.1 Å². The van der Waals surface area contributed by atoms with E-state index < -0.39 is 62.8 Å². The molecule has 0 saturated heterocycles. The van der Waals surface area contributed by atoms with E-state index in [1.165, 1.54) is 18.7 Å². The maximum Gasteiger partial charge on any atom is 0.469 e. The van der Waals surface area contributed by atoms with Gasteiger partial charge in [0.05, 0.1) is 25.8 Å². The lowest BCUT2D eigenvalue weighted by Gasteiger charge is -2.24. The molecule has 0 fully saturated rings. The largest absolute Gasteiger partial charge is 0.469 e. The Balaban J connectivity index is 4.89. The van der Waals surface area contributed by atoms with Gasteiger partial charge in [-0.1, -0.05) is 20.8 Å². The number of nitrogens with one attached hydrogen (secondary N) is 4. The fraction of sp³-hybridized carbons (Fsp3) is 0.762. The first-order valence-corrected chi connectivity index (χ1v) is 13.4. The number of hydrogen-bond donors (Lipinski definition) is 7.